The Balaban J connectivity index is 1.34. The first kappa shape index (κ1) is 23.2. The maximum atomic E-state index is 2.56. The Labute approximate surface area is 268 Å². The molecule has 2 aliphatic rings. The highest BCUT2D eigenvalue weighted by Crippen LogP contribution is 2.41. The number of hydrogen-bond acceptors (Lipinski definition) is 0. The van der Waals surface area contributed by atoms with Crippen LogP contribution in [0.25, 0.3) is 88.1 Å². The summed E-state index contributed by atoms with van der Waals surface area (Å²) in [6, 6.07) is 52.0. The van der Waals surface area contributed by atoms with Crippen LogP contribution in [0.4, 0.5) is 0 Å². The van der Waals surface area contributed by atoms with E-state index in [0.29, 0.717) is 0 Å². The van der Waals surface area contributed by atoms with Crippen LogP contribution >= 0.6 is 0 Å². The van der Waals surface area contributed by atoms with E-state index in [1.165, 1.54) is 104 Å². The molecule has 0 unspecified atom stereocenters. The van der Waals surface area contributed by atoms with Gasteiger partial charge in [0.15, 0.2) is 0 Å². The summed E-state index contributed by atoms with van der Waals surface area (Å²) in [4.78, 5) is 0. The molecule has 0 amide bonds. The lowest BCUT2D eigenvalue weighted by Gasteiger charge is -2.31. The summed E-state index contributed by atoms with van der Waals surface area (Å²) in [5, 5.41) is 7.76. The van der Waals surface area contributed by atoms with Crippen molar-refractivity contribution in [3.8, 4) is 11.4 Å². The summed E-state index contributed by atoms with van der Waals surface area (Å²) in [7, 11) is 0. The number of rotatable bonds is 0. The molecule has 7 aromatic carbocycles. The number of nitrogens with zero attached hydrogens (tertiary/aromatic N) is 4. The van der Waals surface area contributed by atoms with Crippen molar-refractivity contribution in [3.05, 3.63) is 140 Å². The van der Waals surface area contributed by atoms with Gasteiger partial charge in [0.1, 0.15) is 11.3 Å². The summed E-state index contributed by atoms with van der Waals surface area (Å²) < 4.78 is 10.2. The molecule has 13 rings (SSSR count). The average Bonchev–Trinajstić information content (AvgIpc) is 3.86. The van der Waals surface area contributed by atoms with Crippen LogP contribution in [-0.2, 0) is 0 Å². The van der Waals surface area contributed by atoms with Gasteiger partial charge in [-0.25, -0.2) is 0 Å². The van der Waals surface area contributed by atoms with E-state index in [1.807, 2.05) is 0 Å². The van der Waals surface area contributed by atoms with Crippen LogP contribution in [0.15, 0.2) is 140 Å². The van der Waals surface area contributed by atoms with Gasteiger partial charge >= 0.3 is 0 Å². The van der Waals surface area contributed by atoms with E-state index in [0.717, 1.165) is 0 Å². The molecular formula is C42H23BN4. The zero-order chi connectivity index (χ0) is 30.1. The van der Waals surface area contributed by atoms with Crippen molar-refractivity contribution in [1.29, 1.82) is 0 Å². The summed E-state index contributed by atoms with van der Waals surface area (Å²) in [5.41, 5.74) is 16.9. The fourth-order valence-electron chi connectivity index (χ4n) is 9.66. The molecule has 0 saturated heterocycles. The Hall–Kier alpha value is -6.20. The number of fused-ring (bicyclic) bond motifs is 20. The van der Waals surface area contributed by atoms with Crippen molar-refractivity contribution in [2.45, 2.75) is 0 Å². The maximum absolute atomic E-state index is 2.56. The Morgan fingerprint density at radius 1 is 0.340 bits per heavy atom. The van der Waals surface area contributed by atoms with Crippen molar-refractivity contribution in [1.82, 2.24) is 17.9 Å². The van der Waals surface area contributed by atoms with Crippen molar-refractivity contribution in [2.75, 3.05) is 0 Å². The molecule has 0 bridgehead atoms. The fourth-order valence-corrected chi connectivity index (χ4v) is 9.66. The lowest BCUT2D eigenvalue weighted by Crippen LogP contribution is -2.59. The second kappa shape index (κ2) is 7.60. The monoisotopic (exact) mass is 594 g/mol. The smallest absolute Gasteiger partial charge is 0.258 e. The fraction of sp³-hybridized carbons (Fsp3) is 0. The molecule has 4 nitrogen and oxygen atoms in total. The first-order valence-corrected chi connectivity index (χ1v) is 16.4. The molecular weight excluding hydrogens is 571 g/mol. The lowest BCUT2D eigenvalue weighted by atomic mass is 9.34. The van der Waals surface area contributed by atoms with E-state index in [4.69, 9.17) is 0 Å². The zero-order valence-electron chi connectivity index (χ0n) is 25.1. The number of aromatic nitrogens is 4. The van der Waals surface area contributed by atoms with Gasteiger partial charge in [0.25, 0.3) is 6.71 Å². The van der Waals surface area contributed by atoms with Gasteiger partial charge < -0.3 is 0 Å². The van der Waals surface area contributed by atoms with Gasteiger partial charge in [-0.15, -0.1) is 0 Å². The highest BCUT2D eigenvalue weighted by atomic mass is 15.2. The molecule has 0 radical (unpaired) electrons. The second-order valence-electron chi connectivity index (χ2n) is 13.3. The number of benzene rings is 7. The van der Waals surface area contributed by atoms with Gasteiger partial charge in [-0.2, -0.15) is 0 Å². The van der Waals surface area contributed by atoms with E-state index in [2.05, 4.69) is 157 Å². The van der Waals surface area contributed by atoms with Crippen LogP contribution in [0, 0.1) is 0 Å². The van der Waals surface area contributed by atoms with Crippen molar-refractivity contribution in [3.63, 3.8) is 0 Å². The van der Waals surface area contributed by atoms with E-state index in [9.17, 15) is 0 Å². The van der Waals surface area contributed by atoms with Crippen LogP contribution in [0.2, 0.25) is 0 Å². The molecule has 4 aromatic heterocycles. The second-order valence-corrected chi connectivity index (χ2v) is 13.3. The number of imidazole rings is 2. The molecule has 0 spiro atoms. The van der Waals surface area contributed by atoms with Gasteiger partial charge in [-0.3, -0.25) is 17.9 Å². The summed E-state index contributed by atoms with van der Waals surface area (Å²) in [6.07, 6.45) is 0. The minimum atomic E-state index is 0.0807. The first-order chi connectivity index (χ1) is 23.4. The Kier molecular flexibility index (Phi) is 3.75. The predicted octanol–water partition coefficient (Wildman–Crippen LogP) is 7.84. The number of hydrogen-bond donors (Lipinski definition) is 0. The minimum absolute atomic E-state index is 0.0807. The van der Waals surface area contributed by atoms with Gasteiger partial charge in [0.05, 0.1) is 33.1 Å². The van der Waals surface area contributed by atoms with Gasteiger partial charge in [-0.1, -0.05) is 103 Å². The molecule has 214 valence electrons. The summed E-state index contributed by atoms with van der Waals surface area (Å²) in [5.74, 6) is 0. The van der Waals surface area contributed by atoms with Crippen molar-refractivity contribution >= 4 is 99.8 Å². The largest absolute Gasteiger partial charge is 0.295 e. The van der Waals surface area contributed by atoms with E-state index in [-0.39, 0.29) is 6.71 Å². The Morgan fingerprint density at radius 2 is 0.787 bits per heavy atom. The standard InChI is InChI=1S/C42H23BN4/c1-3-12-26-24(10-1)20-22-34-39(26)46-30-16-7-5-14-28(30)36-41(46)44(34)32-18-9-19-33-38(32)43(36)37-29-15-6-8-17-31(29)47-40-27-13-4-2-11-25(27)21-23-35(40)45(33)42(37)47/h1-23H. The predicted molar refractivity (Wildman–Crippen MR) is 197 cm³/mol. The summed E-state index contributed by atoms with van der Waals surface area (Å²) in [6.45, 7) is 0.0807. The van der Waals surface area contributed by atoms with E-state index >= 15 is 0 Å². The third-order valence-electron chi connectivity index (χ3n) is 11.3. The molecule has 6 heterocycles. The lowest BCUT2D eigenvalue weighted by molar-refractivity contribution is 1.12. The van der Waals surface area contributed by atoms with Crippen LogP contribution in [0.3, 0.4) is 0 Å². The summed E-state index contributed by atoms with van der Waals surface area (Å²) >= 11 is 0. The van der Waals surface area contributed by atoms with Gasteiger partial charge in [0, 0.05) is 22.1 Å². The molecule has 5 heteroatoms. The quantitative estimate of drug-likeness (QED) is 0.159. The zero-order valence-corrected chi connectivity index (χ0v) is 25.1. The molecule has 2 aliphatic heterocycles. The molecule has 0 aliphatic carbocycles. The highest BCUT2D eigenvalue weighted by molar-refractivity contribution is 7.02. The molecule has 0 fully saturated rings. The maximum Gasteiger partial charge on any atom is 0.258 e. The van der Waals surface area contributed by atoms with Crippen LogP contribution in [-0.4, -0.2) is 24.6 Å². The minimum Gasteiger partial charge on any atom is -0.295 e. The molecule has 0 atom stereocenters. The van der Waals surface area contributed by atoms with Crippen molar-refractivity contribution in [2.24, 2.45) is 0 Å². The third kappa shape index (κ3) is 2.40. The topological polar surface area (TPSA) is 18.7 Å². The van der Waals surface area contributed by atoms with E-state index < -0.39 is 0 Å². The SMILES string of the molecule is c1cc2c3c(c1)-n1c4ccc5ccccc5c4n4c5ccccc5c(c14)B3c1c3ccccc3n3c4c5ccccc5ccc4n-2c13. The van der Waals surface area contributed by atoms with Crippen LogP contribution < -0.4 is 16.4 Å². The molecule has 47 heavy (non-hydrogen) atoms. The van der Waals surface area contributed by atoms with E-state index in [1.54, 1.807) is 0 Å². The van der Waals surface area contributed by atoms with Crippen LogP contribution in [0.1, 0.15) is 0 Å². The third-order valence-corrected chi connectivity index (χ3v) is 11.3. The van der Waals surface area contributed by atoms with Crippen LogP contribution in [0.5, 0.6) is 0 Å². The van der Waals surface area contributed by atoms with Crippen molar-refractivity contribution < 1.29 is 0 Å². The Bertz CT molecular complexity index is 3040. The molecule has 11 aromatic rings. The normalized spacial score (nSPS) is 13.5. The average molecular weight is 594 g/mol. The number of para-hydroxylation sites is 2. The van der Waals surface area contributed by atoms with Gasteiger partial charge in [-0.05, 0) is 74.3 Å². The Morgan fingerprint density at radius 3 is 1.30 bits per heavy atom. The van der Waals surface area contributed by atoms with Gasteiger partial charge in [0.2, 0.25) is 0 Å². The first-order valence-electron chi connectivity index (χ1n) is 16.4. The highest BCUT2D eigenvalue weighted by Gasteiger charge is 2.44. The molecule has 0 saturated carbocycles. The molecule has 0 N–H and O–H groups in total.